The molecule has 1 fully saturated rings. The predicted molar refractivity (Wildman–Crippen MR) is 75.7 cm³/mol. The number of benzene rings is 1. The molecule has 1 saturated carbocycles. The van der Waals surface area contributed by atoms with Crippen LogP contribution in [-0.2, 0) is 5.75 Å². The highest BCUT2D eigenvalue weighted by Gasteiger charge is 2.25. The predicted octanol–water partition coefficient (Wildman–Crippen LogP) is 3.40. The van der Waals surface area contributed by atoms with E-state index in [0.29, 0.717) is 6.04 Å². The van der Waals surface area contributed by atoms with Crippen LogP contribution in [0.15, 0.2) is 35.6 Å². The molecule has 0 saturated heterocycles. The second kappa shape index (κ2) is 4.69. The van der Waals surface area contributed by atoms with Crippen LogP contribution in [0.4, 0.5) is 5.69 Å². The summed E-state index contributed by atoms with van der Waals surface area (Å²) in [6.07, 6.45) is 6.55. The summed E-state index contributed by atoms with van der Waals surface area (Å²) in [6.45, 7) is 2.11. The molecule has 1 aliphatic rings. The summed E-state index contributed by atoms with van der Waals surface area (Å²) in [5.41, 5.74) is 9.17. The van der Waals surface area contributed by atoms with Crippen molar-refractivity contribution < 1.29 is 0 Å². The largest absolute Gasteiger partial charge is 0.399 e. The summed E-state index contributed by atoms with van der Waals surface area (Å²) in [7, 11) is 0. The third-order valence-corrected chi connectivity index (χ3v) is 4.47. The van der Waals surface area contributed by atoms with Gasteiger partial charge in [-0.15, -0.1) is 11.8 Å². The monoisotopic (exact) mass is 259 g/mol. The maximum Gasteiger partial charge on any atom is 0.0951 e. The molecule has 1 aromatic heterocycles. The van der Waals surface area contributed by atoms with Gasteiger partial charge in [-0.2, -0.15) is 0 Å². The van der Waals surface area contributed by atoms with Crippen LogP contribution >= 0.6 is 11.8 Å². The van der Waals surface area contributed by atoms with Gasteiger partial charge in [-0.25, -0.2) is 4.98 Å². The minimum absolute atomic E-state index is 0.704. The fourth-order valence-corrected chi connectivity index (χ4v) is 3.09. The summed E-state index contributed by atoms with van der Waals surface area (Å²) >= 11 is 1.86. The van der Waals surface area contributed by atoms with E-state index in [1.807, 2.05) is 36.4 Å². The molecule has 2 aromatic rings. The van der Waals surface area contributed by atoms with Gasteiger partial charge in [-0.05, 0) is 43.5 Å². The number of hydrogen-bond acceptors (Lipinski definition) is 3. The molecular weight excluding hydrogens is 242 g/mol. The SMILES string of the molecule is Cc1cc(N)ccc1SCc1cncn1C1CC1. The first kappa shape index (κ1) is 11.7. The molecule has 0 atom stereocenters. The van der Waals surface area contributed by atoms with Gasteiger partial charge in [0.15, 0.2) is 0 Å². The minimum Gasteiger partial charge on any atom is -0.399 e. The van der Waals surface area contributed by atoms with E-state index in [0.717, 1.165) is 11.4 Å². The second-order valence-corrected chi connectivity index (χ2v) is 5.85. The van der Waals surface area contributed by atoms with Gasteiger partial charge in [-0.1, -0.05) is 0 Å². The van der Waals surface area contributed by atoms with Crippen LogP contribution in [0.25, 0.3) is 0 Å². The number of anilines is 1. The Morgan fingerprint density at radius 3 is 3.00 bits per heavy atom. The Labute approximate surface area is 111 Å². The lowest BCUT2D eigenvalue weighted by Gasteiger charge is -2.08. The maximum atomic E-state index is 5.77. The summed E-state index contributed by atoms with van der Waals surface area (Å²) in [4.78, 5) is 5.56. The summed E-state index contributed by atoms with van der Waals surface area (Å²) in [5, 5.41) is 0. The summed E-state index contributed by atoms with van der Waals surface area (Å²) < 4.78 is 2.32. The maximum absolute atomic E-state index is 5.77. The molecule has 1 aliphatic carbocycles. The Morgan fingerprint density at radius 1 is 1.44 bits per heavy atom. The van der Waals surface area contributed by atoms with Crippen LogP contribution < -0.4 is 5.73 Å². The van der Waals surface area contributed by atoms with E-state index >= 15 is 0 Å². The van der Waals surface area contributed by atoms with Gasteiger partial charge in [0.05, 0.1) is 6.33 Å². The van der Waals surface area contributed by atoms with E-state index in [1.165, 1.54) is 29.0 Å². The smallest absolute Gasteiger partial charge is 0.0951 e. The van der Waals surface area contributed by atoms with E-state index in [-0.39, 0.29) is 0 Å². The molecule has 18 heavy (non-hydrogen) atoms. The third-order valence-electron chi connectivity index (χ3n) is 3.26. The number of thioether (sulfide) groups is 1. The quantitative estimate of drug-likeness (QED) is 0.676. The minimum atomic E-state index is 0.704. The van der Waals surface area contributed by atoms with Crippen molar-refractivity contribution in [1.82, 2.24) is 9.55 Å². The third kappa shape index (κ3) is 2.38. The van der Waals surface area contributed by atoms with Crippen molar-refractivity contribution in [3.05, 3.63) is 42.0 Å². The first-order valence-corrected chi connectivity index (χ1v) is 7.22. The average Bonchev–Trinajstić information content (AvgIpc) is 3.08. The van der Waals surface area contributed by atoms with Gasteiger partial charge < -0.3 is 10.3 Å². The van der Waals surface area contributed by atoms with Gasteiger partial charge in [0.2, 0.25) is 0 Å². The van der Waals surface area contributed by atoms with Gasteiger partial charge in [0.25, 0.3) is 0 Å². The fourth-order valence-electron chi connectivity index (χ4n) is 2.11. The van der Waals surface area contributed by atoms with Crippen molar-refractivity contribution in [1.29, 1.82) is 0 Å². The van der Waals surface area contributed by atoms with Crippen molar-refractivity contribution in [3.8, 4) is 0 Å². The zero-order chi connectivity index (χ0) is 12.5. The Hall–Kier alpha value is -1.42. The van der Waals surface area contributed by atoms with Crippen molar-refractivity contribution in [2.75, 3.05) is 5.73 Å². The van der Waals surface area contributed by atoms with Crippen LogP contribution in [0.1, 0.15) is 30.1 Å². The molecule has 0 unspecified atom stereocenters. The number of nitrogens with two attached hydrogens (primary N) is 1. The van der Waals surface area contributed by atoms with Crippen molar-refractivity contribution in [2.45, 2.75) is 36.5 Å². The highest BCUT2D eigenvalue weighted by atomic mass is 32.2. The van der Waals surface area contributed by atoms with Crippen molar-refractivity contribution in [3.63, 3.8) is 0 Å². The van der Waals surface area contributed by atoms with Gasteiger partial charge in [-0.3, -0.25) is 0 Å². The van der Waals surface area contributed by atoms with Crippen molar-refractivity contribution in [2.24, 2.45) is 0 Å². The first-order chi connectivity index (χ1) is 8.74. The van der Waals surface area contributed by atoms with E-state index in [2.05, 4.69) is 22.5 Å². The van der Waals surface area contributed by atoms with Crippen LogP contribution in [-0.4, -0.2) is 9.55 Å². The zero-order valence-electron chi connectivity index (χ0n) is 10.5. The average molecular weight is 259 g/mol. The number of hydrogen-bond donors (Lipinski definition) is 1. The molecule has 0 bridgehead atoms. The molecule has 3 nitrogen and oxygen atoms in total. The molecular formula is C14H17N3S. The Kier molecular flexibility index (Phi) is 3.04. The molecule has 4 heteroatoms. The fraction of sp³-hybridized carbons (Fsp3) is 0.357. The molecule has 0 spiro atoms. The number of rotatable bonds is 4. The van der Waals surface area contributed by atoms with Crippen LogP contribution in [0.5, 0.6) is 0 Å². The number of nitrogens with zero attached hydrogens (tertiary/aromatic N) is 2. The van der Waals surface area contributed by atoms with Crippen molar-refractivity contribution >= 4 is 17.4 Å². The number of nitrogen functional groups attached to an aromatic ring is 1. The first-order valence-electron chi connectivity index (χ1n) is 6.23. The Morgan fingerprint density at radius 2 is 2.28 bits per heavy atom. The number of aromatic nitrogens is 2. The van der Waals surface area contributed by atoms with E-state index < -0.39 is 0 Å². The topological polar surface area (TPSA) is 43.8 Å². The van der Waals surface area contributed by atoms with Crippen LogP contribution in [0, 0.1) is 6.92 Å². The van der Waals surface area contributed by atoms with E-state index in [4.69, 9.17) is 5.73 Å². The van der Waals surface area contributed by atoms with E-state index in [9.17, 15) is 0 Å². The molecule has 2 N–H and O–H groups in total. The molecule has 94 valence electrons. The normalized spacial score (nSPS) is 14.9. The molecule has 1 heterocycles. The van der Waals surface area contributed by atoms with Gasteiger partial charge in [0, 0.05) is 34.3 Å². The second-order valence-electron chi connectivity index (χ2n) is 4.84. The molecule has 1 aromatic carbocycles. The lowest BCUT2D eigenvalue weighted by molar-refractivity contribution is 0.714. The summed E-state index contributed by atoms with van der Waals surface area (Å²) in [6, 6.07) is 6.80. The molecule has 0 radical (unpaired) electrons. The standard InChI is InChI=1S/C14H17N3S/c1-10-6-11(15)2-5-14(10)18-8-13-7-16-9-17(13)12-3-4-12/h2,5-7,9,12H,3-4,8,15H2,1H3. The van der Waals surface area contributed by atoms with Gasteiger partial charge in [0.1, 0.15) is 0 Å². The Bertz CT molecular complexity index is 558. The highest BCUT2D eigenvalue weighted by molar-refractivity contribution is 7.98. The Balaban J connectivity index is 1.71. The molecule has 0 amide bonds. The number of aryl methyl sites for hydroxylation is 1. The number of imidazole rings is 1. The molecule has 0 aliphatic heterocycles. The molecule has 3 rings (SSSR count). The van der Waals surface area contributed by atoms with Gasteiger partial charge >= 0.3 is 0 Å². The lowest BCUT2D eigenvalue weighted by Crippen LogP contribution is -1.97. The zero-order valence-corrected chi connectivity index (χ0v) is 11.3. The van der Waals surface area contributed by atoms with E-state index in [1.54, 1.807) is 0 Å². The lowest BCUT2D eigenvalue weighted by atomic mass is 10.2. The summed E-state index contributed by atoms with van der Waals surface area (Å²) in [5.74, 6) is 0.973. The van der Waals surface area contributed by atoms with Crippen LogP contribution in [0.3, 0.4) is 0 Å². The highest BCUT2D eigenvalue weighted by Crippen LogP contribution is 2.37. The van der Waals surface area contributed by atoms with Crippen LogP contribution in [0.2, 0.25) is 0 Å².